The van der Waals surface area contributed by atoms with Crippen molar-refractivity contribution in [3.05, 3.63) is 69.7 Å². The average molecular weight is 522 g/mol. The van der Waals surface area contributed by atoms with Gasteiger partial charge in [0.1, 0.15) is 36.6 Å². The molecule has 1 saturated carbocycles. The summed E-state index contributed by atoms with van der Waals surface area (Å²) in [5.74, 6) is -0.148. The molecule has 6 N–H and O–H groups in total. The van der Waals surface area contributed by atoms with Crippen molar-refractivity contribution in [2.75, 3.05) is 13.2 Å². The van der Waals surface area contributed by atoms with Gasteiger partial charge in [0.15, 0.2) is 0 Å². The minimum Gasteiger partial charge on any atom is -0.480 e. The van der Waals surface area contributed by atoms with E-state index in [9.17, 15) is 25.2 Å². The van der Waals surface area contributed by atoms with E-state index in [1.165, 1.54) is 30.5 Å². The van der Waals surface area contributed by atoms with E-state index in [1.54, 1.807) is 18.2 Å². The number of carboxylic acid groups (broad SMARTS) is 1. The molecule has 2 heterocycles. The fraction of sp³-hybridized carbons (Fsp3) is 0.519. The quantitative estimate of drug-likeness (QED) is 0.340. The molecule has 6 atom stereocenters. The Morgan fingerprint density at radius 3 is 2.28 bits per heavy atom. The second-order valence-electron chi connectivity index (χ2n) is 9.50. The zero-order chi connectivity index (χ0) is 27.6. The molecule has 0 radical (unpaired) electrons. The van der Waals surface area contributed by atoms with Gasteiger partial charge in [-0.15, -0.1) is 0 Å². The molecule has 1 aliphatic carbocycles. The van der Waals surface area contributed by atoms with Crippen LogP contribution < -0.4 is 5.32 Å². The van der Waals surface area contributed by atoms with Gasteiger partial charge in [0.2, 0.25) is 0 Å². The van der Waals surface area contributed by atoms with Crippen molar-refractivity contribution >= 4 is 17.6 Å². The number of halogens is 1. The van der Waals surface area contributed by atoms with Crippen LogP contribution >= 0.6 is 11.6 Å². The van der Waals surface area contributed by atoms with Crippen LogP contribution in [0.5, 0.6) is 0 Å². The van der Waals surface area contributed by atoms with E-state index >= 15 is 0 Å². The van der Waals surface area contributed by atoms with Crippen molar-refractivity contribution in [1.82, 2.24) is 5.32 Å². The number of aliphatic hydroxyl groups is 4. The van der Waals surface area contributed by atoms with E-state index in [0.29, 0.717) is 17.0 Å². The van der Waals surface area contributed by atoms with Gasteiger partial charge >= 0.3 is 5.97 Å². The maximum atomic E-state index is 10.4. The number of ether oxygens (including phenoxy) is 1. The van der Waals surface area contributed by atoms with Crippen LogP contribution in [0.2, 0.25) is 5.02 Å². The summed E-state index contributed by atoms with van der Waals surface area (Å²) in [6.07, 6.45) is -4.28. The number of aliphatic hydroxyl groups excluding tert-OH is 4. The fourth-order valence-electron chi connectivity index (χ4n) is 4.50. The predicted molar refractivity (Wildman–Crippen MR) is 134 cm³/mol. The summed E-state index contributed by atoms with van der Waals surface area (Å²) in [5, 5.41) is 51.3. The normalized spacial score (nSPS) is 31.1. The highest BCUT2D eigenvalue weighted by Crippen LogP contribution is 2.40. The van der Waals surface area contributed by atoms with Gasteiger partial charge in [-0.3, -0.25) is 4.79 Å². The molecular weight excluding hydrogens is 486 g/mol. The number of aliphatic carboxylic acids is 1. The maximum Gasteiger partial charge on any atom is 0.320 e. The minimum absolute atomic E-state index is 0.206. The van der Waals surface area contributed by atoms with Crippen LogP contribution in [-0.2, 0) is 15.9 Å². The van der Waals surface area contributed by atoms with Crippen LogP contribution in [0.1, 0.15) is 62.7 Å². The lowest BCUT2D eigenvalue weighted by atomic mass is 9.90. The van der Waals surface area contributed by atoms with Crippen LogP contribution in [0, 0.1) is 0 Å². The Morgan fingerprint density at radius 1 is 1.03 bits per heavy atom. The van der Waals surface area contributed by atoms with E-state index in [1.807, 2.05) is 12.1 Å². The third-order valence-corrected chi connectivity index (χ3v) is 7.14. The minimum atomic E-state index is -1.90. The van der Waals surface area contributed by atoms with E-state index in [0.717, 1.165) is 19.4 Å². The van der Waals surface area contributed by atoms with Gasteiger partial charge in [0.25, 0.3) is 0 Å². The van der Waals surface area contributed by atoms with E-state index in [-0.39, 0.29) is 16.6 Å². The summed E-state index contributed by atoms with van der Waals surface area (Å²) in [6.45, 7) is 0.326. The fourth-order valence-corrected chi connectivity index (χ4v) is 4.66. The number of nitrogens with one attached hydrogen (secondary N) is 1. The first kappa shape index (κ1) is 24.3. The zero-order valence-electron chi connectivity index (χ0n) is 21.8. The first-order valence-electron chi connectivity index (χ1n) is 13.2. The molecule has 0 spiro atoms. The molecule has 0 aromatic heterocycles. The number of carbonyl (C=O) groups is 1. The summed E-state index contributed by atoms with van der Waals surface area (Å²) in [4.78, 5) is 10.1. The van der Waals surface area contributed by atoms with E-state index in [2.05, 4.69) is 5.32 Å². The Bertz CT molecular complexity index is 1110. The van der Waals surface area contributed by atoms with Crippen molar-refractivity contribution in [2.45, 2.75) is 74.5 Å². The molecule has 3 aliphatic rings. The van der Waals surface area contributed by atoms with Gasteiger partial charge < -0.3 is 35.6 Å². The number of hydrogen-bond acceptors (Lipinski definition) is 7. The van der Waals surface area contributed by atoms with Crippen molar-refractivity contribution in [3.63, 3.8) is 0 Å². The van der Waals surface area contributed by atoms with Crippen molar-refractivity contribution in [1.29, 1.82) is 0 Å². The summed E-state index contributed by atoms with van der Waals surface area (Å²) >= 11 is 6.33. The summed E-state index contributed by atoms with van der Waals surface area (Å²) < 4.78 is 23.0. The molecule has 0 unspecified atom stereocenters. The Balaban J connectivity index is 0.000000360. The highest BCUT2D eigenvalue weighted by molar-refractivity contribution is 6.31. The summed E-state index contributed by atoms with van der Waals surface area (Å²) in [6, 6.07) is 11.8. The molecule has 8 nitrogen and oxygen atoms in total. The number of carboxylic acids is 1. The molecule has 2 saturated heterocycles. The van der Waals surface area contributed by atoms with Gasteiger partial charge in [-0.2, -0.15) is 0 Å². The maximum absolute atomic E-state index is 10.4. The van der Waals surface area contributed by atoms with Gasteiger partial charge in [-0.25, -0.2) is 0 Å². The SMILES string of the molecule is O=C(O)[C@@H]1CCCN1.[2H]C([2H])(c1ccc(C2CC2)cc1)c1cc([C@@H]2O[C@H](CO)[C@@H](O)[C@H](O)[C@H]2O)ccc1Cl. The van der Waals surface area contributed by atoms with Crippen LogP contribution in [0.4, 0.5) is 0 Å². The second kappa shape index (κ2) is 12.0. The number of hydrogen-bond donors (Lipinski definition) is 6. The summed E-state index contributed by atoms with van der Waals surface area (Å²) in [7, 11) is 0. The van der Waals surface area contributed by atoms with Crippen LogP contribution in [0.3, 0.4) is 0 Å². The molecule has 9 heteroatoms. The van der Waals surface area contributed by atoms with Crippen molar-refractivity contribution in [3.8, 4) is 0 Å². The Labute approximate surface area is 218 Å². The van der Waals surface area contributed by atoms with Gasteiger partial charge in [-0.1, -0.05) is 48.0 Å². The standard InChI is InChI=1S/C22H25ClO5.C5H9NO2/c23-17-8-7-15(22-21(27)20(26)19(25)18(11-24)28-22)10-16(17)9-12-1-3-13(4-2-12)14-5-6-14;7-5(8)4-2-1-3-6-4/h1-4,7-8,10,14,18-22,24-27H,5-6,9,11H2;4,6H,1-3H2,(H,7,8)/t18-,19-,20+,21-,22+;4-/m10/s1/i9D2;. The molecule has 0 bridgehead atoms. The molecular formula is C27H34ClNO7. The molecule has 0 amide bonds. The highest BCUT2D eigenvalue weighted by atomic mass is 35.5. The topological polar surface area (TPSA) is 139 Å². The third-order valence-electron chi connectivity index (χ3n) is 6.81. The zero-order valence-corrected chi connectivity index (χ0v) is 20.5. The lowest BCUT2D eigenvalue weighted by Crippen LogP contribution is -2.55. The van der Waals surface area contributed by atoms with E-state index < -0.39 is 49.5 Å². The van der Waals surface area contributed by atoms with E-state index in [4.69, 9.17) is 24.2 Å². The Morgan fingerprint density at radius 2 is 1.72 bits per heavy atom. The lowest BCUT2D eigenvalue weighted by Gasteiger charge is -2.40. The Kier molecular flexibility index (Phi) is 8.10. The molecule has 3 fully saturated rings. The van der Waals surface area contributed by atoms with Gasteiger partial charge in [0, 0.05) is 7.76 Å². The molecule has 2 aromatic carbocycles. The lowest BCUT2D eigenvalue weighted by molar-refractivity contribution is -0.231. The molecule has 2 aliphatic heterocycles. The molecule has 5 rings (SSSR count). The summed E-state index contributed by atoms with van der Waals surface area (Å²) in [5.41, 5.74) is 2.26. The second-order valence-corrected chi connectivity index (χ2v) is 9.90. The highest BCUT2D eigenvalue weighted by Gasteiger charge is 2.44. The van der Waals surface area contributed by atoms with Crippen LogP contribution in [0.25, 0.3) is 0 Å². The number of rotatable bonds is 6. The largest absolute Gasteiger partial charge is 0.480 e. The average Bonchev–Trinajstić information content (AvgIpc) is 3.61. The third kappa shape index (κ3) is 6.44. The smallest absolute Gasteiger partial charge is 0.320 e. The van der Waals surface area contributed by atoms with Gasteiger partial charge in [-0.05, 0) is 72.8 Å². The van der Waals surface area contributed by atoms with Crippen molar-refractivity contribution < 1.29 is 37.8 Å². The first-order chi connectivity index (χ1) is 18.0. The van der Waals surface area contributed by atoms with Crippen LogP contribution in [-0.4, -0.2) is 75.1 Å². The molecule has 196 valence electrons. The van der Waals surface area contributed by atoms with Crippen molar-refractivity contribution in [2.24, 2.45) is 0 Å². The number of benzene rings is 2. The Hall–Kier alpha value is -2.04. The van der Waals surface area contributed by atoms with Crippen LogP contribution in [0.15, 0.2) is 42.5 Å². The molecule has 36 heavy (non-hydrogen) atoms. The predicted octanol–water partition coefficient (Wildman–Crippen LogP) is 2.15. The molecule has 2 aromatic rings. The first-order valence-corrected chi connectivity index (χ1v) is 12.6. The monoisotopic (exact) mass is 521 g/mol. The van der Waals surface area contributed by atoms with Gasteiger partial charge in [0.05, 0.1) is 6.61 Å².